The van der Waals surface area contributed by atoms with Crippen LogP contribution in [0.4, 0.5) is 0 Å². The molecular weight excluding hydrogens is 140 g/mol. The Kier molecular flexibility index (Phi) is 11.9. The summed E-state index contributed by atoms with van der Waals surface area (Å²) in [6.07, 6.45) is 3.81. The minimum absolute atomic E-state index is 0. The molecule has 10 heavy (non-hydrogen) atoms. The number of hydrogen-bond acceptors (Lipinski definition) is 2. The standard InChI is InChI=1S/C7H14O2.Mg.2H/c1-3-4-5-6-7(8)9-2;;;/h3-6H2,1-2H3;;;. The fourth-order valence-corrected chi connectivity index (χ4v) is 0.621. The van der Waals surface area contributed by atoms with Crippen LogP contribution in [0.1, 0.15) is 32.6 Å². The number of methoxy groups -OCH3 is 1. The van der Waals surface area contributed by atoms with Crippen LogP contribution in [0.3, 0.4) is 0 Å². The van der Waals surface area contributed by atoms with Crippen molar-refractivity contribution < 1.29 is 9.53 Å². The Labute approximate surface area is 78.5 Å². The third-order valence-corrected chi connectivity index (χ3v) is 1.21. The van der Waals surface area contributed by atoms with Crippen LogP contribution in [0.15, 0.2) is 0 Å². The van der Waals surface area contributed by atoms with Gasteiger partial charge in [-0.2, -0.15) is 0 Å². The van der Waals surface area contributed by atoms with Crippen LogP contribution in [0.2, 0.25) is 0 Å². The summed E-state index contributed by atoms with van der Waals surface area (Å²) in [5.41, 5.74) is 0. The zero-order valence-electron chi connectivity index (χ0n) is 6.14. The molecule has 0 aliphatic carbocycles. The predicted octanol–water partition coefficient (Wildman–Crippen LogP) is 0.823. The fraction of sp³-hybridized carbons (Fsp3) is 0.857. The third kappa shape index (κ3) is 8.24. The van der Waals surface area contributed by atoms with Crippen molar-refractivity contribution in [2.75, 3.05) is 7.11 Å². The van der Waals surface area contributed by atoms with E-state index in [0.29, 0.717) is 6.42 Å². The molecule has 58 valence electrons. The molecule has 0 aliphatic rings. The van der Waals surface area contributed by atoms with Crippen LogP contribution < -0.4 is 0 Å². The van der Waals surface area contributed by atoms with Crippen LogP contribution in [0, 0.1) is 0 Å². The van der Waals surface area contributed by atoms with E-state index in [4.69, 9.17) is 0 Å². The van der Waals surface area contributed by atoms with Gasteiger partial charge < -0.3 is 4.74 Å². The van der Waals surface area contributed by atoms with Gasteiger partial charge in [-0.3, -0.25) is 4.79 Å². The van der Waals surface area contributed by atoms with E-state index in [2.05, 4.69) is 11.7 Å². The van der Waals surface area contributed by atoms with E-state index >= 15 is 0 Å². The molecule has 0 unspecified atom stereocenters. The molecule has 3 heteroatoms. The van der Waals surface area contributed by atoms with E-state index in [-0.39, 0.29) is 29.0 Å². The highest BCUT2D eigenvalue weighted by molar-refractivity contribution is 5.75. The highest BCUT2D eigenvalue weighted by atomic mass is 24.3. The maximum Gasteiger partial charge on any atom is 0.316 e. The normalized spacial score (nSPS) is 8.20. The summed E-state index contributed by atoms with van der Waals surface area (Å²) in [6, 6.07) is 0. The zero-order valence-corrected chi connectivity index (χ0v) is 6.14. The average molecular weight is 157 g/mol. The van der Waals surface area contributed by atoms with Crippen LogP contribution in [0.5, 0.6) is 0 Å². The summed E-state index contributed by atoms with van der Waals surface area (Å²) in [4.78, 5) is 10.5. The lowest BCUT2D eigenvalue weighted by atomic mass is 10.2. The van der Waals surface area contributed by atoms with E-state index < -0.39 is 0 Å². The highest BCUT2D eigenvalue weighted by Crippen LogP contribution is 1.98. The number of rotatable bonds is 4. The largest absolute Gasteiger partial charge is 0.469 e. The molecule has 2 nitrogen and oxygen atoms in total. The molecule has 0 bridgehead atoms. The summed E-state index contributed by atoms with van der Waals surface area (Å²) in [6.45, 7) is 2.11. The van der Waals surface area contributed by atoms with Crippen molar-refractivity contribution in [1.29, 1.82) is 0 Å². The van der Waals surface area contributed by atoms with Crippen molar-refractivity contribution in [3.05, 3.63) is 0 Å². The molecule has 0 saturated heterocycles. The van der Waals surface area contributed by atoms with E-state index in [1.165, 1.54) is 7.11 Å². The first-order valence-electron chi connectivity index (χ1n) is 3.38. The summed E-state index contributed by atoms with van der Waals surface area (Å²) in [5.74, 6) is -0.0940. The number of carbonyl (C=O) groups is 1. The molecule has 0 rings (SSSR count). The van der Waals surface area contributed by atoms with Gasteiger partial charge in [-0.1, -0.05) is 19.8 Å². The molecule has 0 aromatic rings. The first-order chi connectivity index (χ1) is 4.31. The maximum atomic E-state index is 10.5. The molecule has 0 atom stereocenters. The number of ether oxygens (including phenoxy) is 1. The molecule has 0 aromatic heterocycles. The summed E-state index contributed by atoms with van der Waals surface area (Å²) in [7, 11) is 1.42. The van der Waals surface area contributed by atoms with Crippen LogP contribution >= 0.6 is 0 Å². The van der Waals surface area contributed by atoms with Crippen molar-refractivity contribution in [2.45, 2.75) is 32.6 Å². The second-order valence-electron chi connectivity index (χ2n) is 2.03. The van der Waals surface area contributed by atoms with Gasteiger partial charge in [0.1, 0.15) is 0 Å². The summed E-state index contributed by atoms with van der Waals surface area (Å²) in [5, 5.41) is 0. The van der Waals surface area contributed by atoms with Crippen molar-refractivity contribution in [3.8, 4) is 0 Å². The van der Waals surface area contributed by atoms with Gasteiger partial charge in [0.05, 0.1) is 7.11 Å². The smallest absolute Gasteiger partial charge is 0.316 e. The molecule has 0 aliphatic heterocycles. The summed E-state index contributed by atoms with van der Waals surface area (Å²) < 4.78 is 4.46. The maximum absolute atomic E-state index is 10.5. The minimum atomic E-state index is -0.0940. The zero-order chi connectivity index (χ0) is 7.11. The van der Waals surface area contributed by atoms with Crippen LogP contribution in [-0.4, -0.2) is 36.1 Å². The van der Waals surface area contributed by atoms with Gasteiger partial charge >= 0.3 is 29.0 Å². The monoisotopic (exact) mass is 156 g/mol. The topological polar surface area (TPSA) is 26.3 Å². The average Bonchev–Trinajstić information content (AvgIpc) is 1.89. The number of carbonyl (C=O) groups excluding carboxylic acids is 1. The van der Waals surface area contributed by atoms with Gasteiger partial charge in [-0.05, 0) is 6.42 Å². The third-order valence-electron chi connectivity index (χ3n) is 1.21. The van der Waals surface area contributed by atoms with E-state index in [0.717, 1.165) is 19.3 Å². The predicted molar refractivity (Wildman–Crippen MR) is 44.7 cm³/mol. The summed E-state index contributed by atoms with van der Waals surface area (Å²) >= 11 is 0. The molecule has 0 radical (unpaired) electrons. The Hall–Kier alpha value is 0.236. The molecule has 0 amide bonds. The van der Waals surface area contributed by atoms with Crippen molar-refractivity contribution >= 4 is 29.0 Å². The van der Waals surface area contributed by atoms with Crippen LogP contribution in [0.25, 0.3) is 0 Å². The van der Waals surface area contributed by atoms with E-state index in [1.54, 1.807) is 0 Å². The Morgan fingerprint density at radius 3 is 2.40 bits per heavy atom. The van der Waals surface area contributed by atoms with Gasteiger partial charge in [0.2, 0.25) is 0 Å². The number of unbranched alkanes of at least 4 members (excludes halogenated alkanes) is 2. The van der Waals surface area contributed by atoms with Gasteiger partial charge in [0.15, 0.2) is 0 Å². The Morgan fingerprint density at radius 2 is 2.00 bits per heavy atom. The molecule has 0 aromatic carbocycles. The van der Waals surface area contributed by atoms with E-state index in [9.17, 15) is 4.79 Å². The lowest BCUT2D eigenvalue weighted by Gasteiger charge is -1.95. The minimum Gasteiger partial charge on any atom is -0.469 e. The molecule has 0 heterocycles. The van der Waals surface area contributed by atoms with Gasteiger partial charge in [-0.25, -0.2) is 0 Å². The van der Waals surface area contributed by atoms with Gasteiger partial charge in [-0.15, -0.1) is 0 Å². The lowest BCUT2D eigenvalue weighted by molar-refractivity contribution is -0.140. The quantitative estimate of drug-likeness (QED) is 0.342. The number of hydrogen-bond donors (Lipinski definition) is 0. The first-order valence-corrected chi connectivity index (χ1v) is 3.38. The number of esters is 1. The Balaban J connectivity index is 0. The van der Waals surface area contributed by atoms with E-state index in [1.807, 2.05) is 0 Å². The van der Waals surface area contributed by atoms with Crippen molar-refractivity contribution in [1.82, 2.24) is 0 Å². The SMILES string of the molecule is CCCCCC(=O)OC.[MgH2]. The highest BCUT2D eigenvalue weighted by Gasteiger charge is 1.96. The van der Waals surface area contributed by atoms with Crippen LogP contribution in [-0.2, 0) is 9.53 Å². The second-order valence-corrected chi connectivity index (χ2v) is 2.03. The van der Waals surface area contributed by atoms with Crippen molar-refractivity contribution in [2.24, 2.45) is 0 Å². The fourth-order valence-electron chi connectivity index (χ4n) is 0.621. The Bertz CT molecular complexity index is 83.7. The molecule has 0 fully saturated rings. The van der Waals surface area contributed by atoms with Gasteiger partial charge in [0, 0.05) is 6.42 Å². The Morgan fingerprint density at radius 1 is 1.40 bits per heavy atom. The first kappa shape index (κ1) is 12.9. The second kappa shape index (κ2) is 9.24. The van der Waals surface area contributed by atoms with Crippen molar-refractivity contribution in [3.63, 3.8) is 0 Å². The van der Waals surface area contributed by atoms with Gasteiger partial charge in [0.25, 0.3) is 0 Å². The lowest BCUT2D eigenvalue weighted by Crippen LogP contribution is -1.98. The molecular formula is C7H16MgO2. The molecule has 0 N–H and O–H groups in total. The molecule has 0 saturated carbocycles. The molecule has 0 spiro atoms.